The molecule has 94 valence electrons. The van der Waals surface area contributed by atoms with E-state index in [1.807, 2.05) is 6.07 Å². The summed E-state index contributed by atoms with van der Waals surface area (Å²) in [6, 6.07) is 11.2. The quantitative estimate of drug-likeness (QED) is 0.881. The lowest BCUT2D eigenvalue weighted by Gasteiger charge is -2.06. The van der Waals surface area contributed by atoms with Crippen LogP contribution in [0.25, 0.3) is 11.1 Å². The topological polar surface area (TPSA) is 87.1 Å². The zero-order valence-corrected chi connectivity index (χ0v) is 10.5. The second kappa shape index (κ2) is 5.01. The van der Waals surface area contributed by atoms with Gasteiger partial charge in [-0.3, -0.25) is 4.79 Å². The van der Waals surface area contributed by atoms with Gasteiger partial charge in [-0.05, 0) is 41.5 Å². The van der Waals surface area contributed by atoms with Crippen LogP contribution < -0.4 is 5.73 Å². The fourth-order valence-electron chi connectivity index (χ4n) is 1.74. The van der Waals surface area contributed by atoms with Crippen molar-refractivity contribution in [2.45, 2.75) is 0 Å². The van der Waals surface area contributed by atoms with E-state index in [1.54, 1.807) is 18.2 Å². The summed E-state index contributed by atoms with van der Waals surface area (Å²) in [5, 5.41) is 18.7. The van der Waals surface area contributed by atoms with Gasteiger partial charge in [-0.1, -0.05) is 17.7 Å². The van der Waals surface area contributed by atoms with E-state index in [4.69, 9.17) is 22.6 Å². The van der Waals surface area contributed by atoms with Crippen molar-refractivity contribution in [3.05, 3.63) is 52.5 Å². The third kappa shape index (κ3) is 2.67. The highest BCUT2D eigenvalue weighted by Gasteiger charge is 2.09. The lowest BCUT2D eigenvalue weighted by molar-refractivity contribution is 0.100. The SMILES string of the molecule is N#Cc1cc(O)cc(-c2ccc(Cl)c(C(N)=O)c2)c1. The summed E-state index contributed by atoms with van der Waals surface area (Å²) in [4.78, 5) is 11.2. The van der Waals surface area contributed by atoms with Crippen molar-refractivity contribution in [3.63, 3.8) is 0 Å². The first-order chi connectivity index (χ1) is 9.01. The molecule has 0 heterocycles. The minimum Gasteiger partial charge on any atom is -0.508 e. The van der Waals surface area contributed by atoms with E-state index in [9.17, 15) is 9.90 Å². The van der Waals surface area contributed by atoms with Gasteiger partial charge in [0.05, 0.1) is 22.2 Å². The molecule has 2 aromatic rings. The number of halogens is 1. The molecule has 0 aromatic heterocycles. The minimum absolute atomic E-state index is 0.0235. The molecule has 0 atom stereocenters. The largest absolute Gasteiger partial charge is 0.508 e. The molecule has 5 heteroatoms. The summed E-state index contributed by atoms with van der Waals surface area (Å²) in [5.41, 5.74) is 6.99. The lowest BCUT2D eigenvalue weighted by atomic mass is 10.0. The molecule has 0 saturated heterocycles. The number of rotatable bonds is 2. The Morgan fingerprint density at radius 3 is 2.58 bits per heavy atom. The molecule has 3 N–H and O–H groups in total. The molecule has 0 radical (unpaired) electrons. The van der Waals surface area contributed by atoms with Crippen molar-refractivity contribution in [1.29, 1.82) is 5.26 Å². The Morgan fingerprint density at radius 2 is 1.95 bits per heavy atom. The first kappa shape index (κ1) is 12.9. The standard InChI is InChI=1S/C14H9ClN2O2/c15-13-2-1-9(6-12(13)14(17)19)10-3-8(7-16)4-11(18)5-10/h1-6,18H,(H2,17,19). The van der Waals surface area contributed by atoms with Crippen LogP contribution in [0.2, 0.25) is 5.02 Å². The van der Waals surface area contributed by atoms with Crippen molar-refractivity contribution >= 4 is 17.5 Å². The number of nitriles is 1. The Hall–Kier alpha value is -2.51. The number of carbonyl (C=O) groups excluding carboxylic acids is 1. The molecule has 2 aromatic carbocycles. The van der Waals surface area contributed by atoms with Crippen LogP contribution >= 0.6 is 11.6 Å². The fraction of sp³-hybridized carbons (Fsp3) is 0. The first-order valence-corrected chi connectivity index (χ1v) is 5.73. The van der Waals surface area contributed by atoms with Gasteiger partial charge in [0.2, 0.25) is 5.91 Å². The van der Waals surface area contributed by atoms with Crippen LogP contribution in [0.1, 0.15) is 15.9 Å². The zero-order valence-electron chi connectivity index (χ0n) is 9.72. The number of phenolic OH excluding ortho intramolecular Hbond substituents is 1. The number of nitrogens with two attached hydrogens (primary N) is 1. The Labute approximate surface area is 114 Å². The number of benzene rings is 2. The van der Waals surface area contributed by atoms with Gasteiger partial charge in [0, 0.05) is 0 Å². The molecular weight excluding hydrogens is 264 g/mol. The maximum Gasteiger partial charge on any atom is 0.250 e. The summed E-state index contributed by atoms with van der Waals surface area (Å²) < 4.78 is 0. The molecule has 0 aliphatic carbocycles. The van der Waals surface area contributed by atoms with E-state index in [-0.39, 0.29) is 16.3 Å². The van der Waals surface area contributed by atoms with E-state index in [0.29, 0.717) is 16.7 Å². The number of hydrogen-bond acceptors (Lipinski definition) is 3. The number of carbonyl (C=O) groups is 1. The highest BCUT2D eigenvalue weighted by molar-refractivity contribution is 6.33. The van der Waals surface area contributed by atoms with E-state index in [1.165, 1.54) is 18.2 Å². The maximum atomic E-state index is 11.2. The van der Waals surface area contributed by atoms with Gasteiger partial charge in [0.1, 0.15) is 5.75 Å². The van der Waals surface area contributed by atoms with Gasteiger partial charge in [-0.15, -0.1) is 0 Å². The van der Waals surface area contributed by atoms with Crippen LogP contribution in [0, 0.1) is 11.3 Å². The summed E-state index contributed by atoms with van der Waals surface area (Å²) in [6.07, 6.45) is 0. The normalized spacial score (nSPS) is 9.89. The summed E-state index contributed by atoms with van der Waals surface area (Å²) >= 11 is 5.87. The fourth-order valence-corrected chi connectivity index (χ4v) is 1.95. The lowest BCUT2D eigenvalue weighted by Crippen LogP contribution is -2.11. The van der Waals surface area contributed by atoms with Crippen LogP contribution in [0.3, 0.4) is 0 Å². The minimum atomic E-state index is -0.632. The smallest absolute Gasteiger partial charge is 0.250 e. The molecule has 4 nitrogen and oxygen atoms in total. The van der Waals surface area contributed by atoms with Crippen LogP contribution in [-0.4, -0.2) is 11.0 Å². The molecule has 0 unspecified atom stereocenters. The van der Waals surface area contributed by atoms with E-state index < -0.39 is 5.91 Å². The number of phenols is 1. The van der Waals surface area contributed by atoms with Crippen LogP contribution in [-0.2, 0) is 0 Å². The molecule has 0 aliphatic rings. The molecular formula is C14H9ClN2O2. The Bertz CT molecular complexity index is 705. The molecule has 0 fully saturated rings. The summed E-state index contributed by atoms with van der Waals surface area (Å²) in [6.45, 7) is 0. The van der Waals surface area contributed by atoms with Crippen molar-refractivity contribution in [2.75, 3.05) is 0 Å². The Morgan fingerprint density at radius 1 is 1.21 bits per heavy atom. The zero-order chi connectivity index (χ0) is 14.0. The Balaban J connectivity index is 2.60. The third-order valence-corrected chi connectivity index (χ3v) is 2.94. The number of nitrogens with zero attached hydrogens (tertiary/aromatic N) is 1. The van der Waals surface area contributed by atoms with Crippen molar-refractivity contribution in [2.24, 2.45) is 5.73 Å². The Kier molecular flexibility index (Phi) is 3.41. The maximum absolute atomic E-state index is 11.2. The predicted molar refractivity (Wildman–Crippen MR) is 71.8 cm³/mol. The third-order valence-electron chi connectivity index (χ3n) is 2.61. The van der Waals surface area contributed by atoms with Crippen molar-refractivity contribution < 1.29 is 9.90 Å². The summed E-state index contributed by atoms with van der Waals surface area (Å²) in [7, 11) is 0. The number of primary amides is 1. The van der Waals surface area contributed by atoms with Crippen molar-refractivity contribution in [3.8, 4) is 22.9 Å². The van der Waals surface area contributed by atoms with Gasteiger partial charge in [-0.2, -0.15) is 5.26 Å². The number of aromatic hydroxyl groups is 1. The molecule has 1 amide bonds. The van der Waals surface area contributed by atoms with Gasteiger partial charge < -0.3 is 10.8 Å². The molecule has 2 rings (SSSR count). The second-order valence-corrected chi connectivity index (χ2v) is 4.35. The van der Waals surface area contributed by atoms with E-state index in [2.05, 4.69) is 0 Å². The van der Waals surface area contributed by atoms with Crippen molar-refractivity contribution in [1.82, 2.24) is 0 Å². The van der Waals surface area contributed by atoms with Crippen LogP contribution in [0.5, 0.6) is 5.75 Å². The monoisotopic (exact) mass is 272 g/mol. The average molecular weight is 273 g/mol. The molecule has 19 heavy (non-hydrogen) atoms. The van der Waals surface area contributed by atoms with E-state index in [0.717, 1.165) is 0 Å². The van der Waals surface area contributed by atoms with Gasteiger partial charge >= 0.3 is 0 Å². The van der Waals surface area contributed by atoms with Crippen LogP contribution in [0.4, 0.5) is 0 Å². The van der Waals surface area contributed by atoms with Gasteiger partial charge in [-0.25, -0.2) is 0 Å². The first-order valence-electron chi connectivity index (χ1n) is 5.35. The van der Waals surface area contributed by atoms with Gasteiger partial charge in [0.25, 0.3) is 0 Å². The van der Waals surface area contributed by atoms with Gasteiger partial charge in [0.15, 0.2) is 0 Å². The highest BCUT2D eigenvalue weighted by atomic mass is 35.5. The second-order valence-electron chi connectivity index (χ2n) is 3.94. The molecule has 0 aliphatic heterocycles. The molecule has 0 bridgehead atoms. The number of hydrogen-bond donors (Lipinski definition) is 2. The average Bonchev–Trinajstić information content (AvgIpc) is 2.38. The highest BCUT2D eigenvalue weighted by Crippen LogP contribution is 2.28. The number of amides is 1. The molecule has 0 spiro atoms. The summed E-state index contributed by atoms with van der Waals surface area (Å²) in [5.74, 6) is -0.655. The van der Waals surface area contributed by atoms with Crippen LogP contribution in [0.15, 0.2) is 36.4 Å². The van der Waals surface area contributed by atoms with E-state index >= 15 is 0 Å². The predicted octanol–water partition coefficient (Wildman–Crippen LogP) is 2.68. The molecule has 0 saturated carbocycles.